The van der Waals surface area contributed by atoms with Crippen molar-refractivity contribution >= 4 is 40.3 Å². The third-order valence-corrected chi connectivity index (χ3v) is 5.57. The van der Waals surface area contributed by atoms with Crippen molar-refractivity contribution in [1.29, 1.82) is 5.41 Å². The van der Waals surface area contributed by atoms with Gasteiger partial charge in [-0.15, -0.1) is 0 Å². The normalized spacial score (nSPS) is 13.0. The number of H-pyrrole nitrogens is 1. The van der Waals surface area contributed by atoms with E-state index in [0.717, 1.165) is 19.2 Å². The minimum Gasteiger partial charge on any atom is -0.457 e. The van der Waals surface area contributed by atoms with Crippen molar-refractivity contribution in [2.24, 2.45) is 10.9 Å². The van der Waals surface area contributed by atoms with Crippen molar-refractivity contribution in [2.75, 3.05) is 10.6 Å². The number of carbonyl (C=O) groups is 1. The molecule has 1 amide bonds. The molecule has 2 heterocycles. The summed E-state index contributed by atoms with van der Waals surface area (Å²) >= 11 is 0. The highest BCUT2D eigenvalue weighted by atomic mass is 19.1. The van der Waals surface area contributed by atoms with Crippen LogP contribution in [0.15, 0.2) is 60.0 Å². The number of amides is 1. The first kappa shape index (κ1) is 23.7. The summed E-state index contributed by atoms with van der Waals surface area (Å²) in [6.45, 7) is 1.80. The van der Waals surface area contributed by atoms with Crippen molar-refractivity contribution in [2.45, 2.75) is 19.8 Å². The number of nitrogens with zero attached hydrogens (tertiary/aromatic N) is 3. The number of fused-ring (bicyclic) bond motifs is 1. The van der Waals surface area contributed by atoms with Gasteiger partial charge in [-0.2, -0.15) is 0 Å². The number of hydrogen-bond acceptors (Lipinski definition) is 6. The number of nitrogens with one attached hydrogen (secondary N) is 4. The van der Waals surface area contributed by atoms with Crippen LogP contribution >= 0.6 is 0 Å². The number of halogens is 1. The molecule has 184 valence electrons. The Morgan fingerprint density at radius 1 is 1.24 bits per heavy atom. The summed E-state index contributed by atoms with van der Waals surface area (Å²) in [7, 11) is 0. The third kappa shape index (κ3) is 5.79. The highest BCUT2D eigenvalue weighted by Crippen LogP contribution is 2.32. The molecule has 0 saturated heterocycles. The molecule has 0 spiro atoms. The lowest BCUT2D eigenvalue weighted by Crippen LogP contribution is -2.08. The lowest BCUT2D eigenvalue weighted by molar-refractivity contribution is -0.111. The topological polar surface area (TPSA) is 128 Å². The Balaban J connectivity index is 1.39. The summed E-state index contributed by atoms with van der Waals surface area (Å²) in [5, 5.41) is 13.5. The Bertz CT molecular complexity index is 1650. The first-order valence-corrected chi connectivity index (χ1v) is 11.5. The van der Waals surface area contributed by atoms with Crippen LogP contribution in [-0.2, 0) is 4.79 Å². The van der Waals surface area contributed by atoms with Gasteiger partial charge in [-0.05, 0) is 61.6 Å². The zero-order valence-corrected chi connectivity index (χ0v) is 19.8. The molecule has 5 rings (SSSR count). The first-order chi connectivity index (χ1) is 18.0. The fourth-order valence-electron chi connectivity index (χ4n) is 3.56. The zero-order chi connectivity index (χ0) is 25.8. The molecule has 0 bridgehead atoms. The largest absolute Gasteiger partial charge is 0.457 e. The van der Waals surface area contributed by atoms with E-state index in [1.54, 1.807) is 49.5 Å². The van der Waals surface area contributed by atoms with E-state index in [1.807, 2.05) is 0 Å². The Labute approximate surface area is 211 Å². The maximum atomic E-state index is 15.1. The van der Waals surface area contributed by atoms with Gasteiger partial charge < -0.3 is 20.4 Å². The van der Waals surface area contributed by atoms with Crippen LogP contribution in [0.25, 0.3) is 10.9 Å². The number of hydrogen-bond donors (Lipinski definition) is 4. The molecule has 2 aromatic carbocycles. The van der Waals surface area contributed by atoms with Gasteiger partial charge in [0.25, 0.3) is 5.91 Å². The zero-order valence-electron chi connectivity index (χ0n) is 19.8. The quantitative estimate of drug-likeness (QED) is 0.174. The van der Waals surface area contributed by atoms with Crippen LogP contribution in [0, 0.1) is 35.9 Å². The second-order valence-electron chi connectivity index (χ2n) is 8.44. The smallest absolute Gasteiger partial charge is 0.300 e. The Hall–Kier alpha value is -5.04. The maximum absolute atomic E-state index is 15.1. The average molecular weight is 496 g/mol. The standard InChI is InChI=1S/C27H22FN7O2/c1-16-10-23(21(28)13-24(16)37-19-8-9-30-25(12-19)31-14-29)35-27-20-11-18(5-6-22(20)32-15-33-27)34-26(36)7-4-17-2-3-17/h5-6,8-15,17H,2-3H2,1H3,(H,34,36)(H2,29,30,31)(H,32,33,35). The summed E-state index contributed by atoms with van der Waals surface area (Å²) in [5.74, 6) is 6.11. The minimum atomic E-state index is -0.543. The van der Waals surface area contributed by atoms with Crippen LogP contribution in [0.2, 0.25) is 0 Å². The molecular formula is C27H22FN7O2. The predicted molar refractivity (Wildman–Crippen MR) is 138 cm³/mol. The van der Waals surface area contributed by atoms with E-state index in [9.17, 15) is 4.79 Å². The maximum Gasteiger partial charge on any atom is 0.300 e. The summed E-state index contributed by atoms with van der Waals surface area (Å²) in [5.41, 5.74) is 2.49. The number of aromatic nitrogens is 3. The molecule has 0 unspecified atom stereocenters. The van der Waals surface area contributed by atoms with E-state index in [4.69, 9.17) is 10.1 Å². The van der Waals surface area contributed by atoms with Crippen LogP contribution in [0.3, 0.4) is 0 Å². The summed E-state index contributed by atoms with van der Waals surface area (Å²) < 4.78 is 21.0. The number of ether oxygens (including phenoxy) is 1. The van der Waals surface area contributed by atoms with Crippen molar-refractivity contribution in [3.05, 3.63) is 71.9 Å². The Kier molecular flexibility index (Phi) is 6.59. The van der Waals surface area contributed by atoms with Crippen LogP contribution in [0.1, 0.15) is 18.4 Å². The molecular weight excluding hydrogens is 473 g/mol. The summed E-state index contributed by atoms with van der Waals surface area (Å²) in [6, 6.07) is 11.4. The van der Waals surface area contributed by atoms with Crippen LogP contribution in [0.4, 0.5) is 21.6 Å². The van der Waals surface area contributed by atoms with Gasteiger partial charge >= 0.3 is 0 Å². The summed E-state index contributed by atoms with van der Waals surface area (Å²) in [6.07, 6.45) is 6.00. The molecule has 9 nitrogen and oxygen atoms in total. The molecule has 0 radical (unpaired) electrons. The SMILES string of the molecule is Cc1cc(Nc2ncnc3ccc(NC(=O)C#CC4CC4)cc23)c(F)cc1Oc1cc[nH]/c(=N\C=N)c1. The van der Waals surface area contributed by atoms with Crippen LogP contribution < -0.4 is 20.9 Å². The molecule has 10 heteroatoms. The molecule has 1 aliphatic carbocycles. The van der Waals surface area contributed by atoms with Gasteiger partial charge in [-0.1, -0.05) is 5.92 Å². The number of pyridine rings is 1. The molecule has 4 aromatic rings. The Morgan fingerprint density at radius 3 is 2.92 bits per heavy atom. The predicted octanol–water partition coefficient (Wildman–Crippen LogP) is 4.80. The van der Waals surface area contributed by atoms with E-state index in [1.165, 1.54) is 12.4 Å². The molecule has 2 aromatic heterocycles. The molecule has 0 aliphatic heterocycles. The fraction of sp³-hybridized carbons (Fsp3) is 0.148. The third-order valence-electron chi connectivity index (χ3n) is 5.57. The minimum absolute atomic E-state index is 0.204. The van der Waals surface area contributed by atoms with Crippen molar-refractivity contribution in [3.8, 4) is 23.3 Å². The average Bonchev–Trinajstić information content (AvgIpc) is 3.71. The van der Waals surface area contributed by atoms with E-state index >= 15 is 4.39 Å². The molecule has 1 saturated carbocycles. The van der Waals surface area contributed by atoms with Gasteiger partial charge in [0.2, 0.25) is 0 Å². The number of rotatable bonds is 6. The fourth-order valence-corrected chi connectivity index (χ4v) is 3.56. The van der Waals surface area contributed by atoms with Gasteiger partial charge in [0, 0.05) is 35.3 Å². The van der Waals surface area contributed by atoms with Gasteiger partial charge in [-0.3, -0.25) is 10.2 Å². The first-order valence-electron chi connectivity index (χ1n) is 11.5. The van der Waals surface area contributed by atoms with Gasteiger partial charge in [-0.25, -0.2) is 19.4 Å². The second kappa shape index (κ2) is 10.3. The van der Waals surface area contributed by atoms with Gasteiger partial charge in [0.15, 0.2) is 0 Å². The van der Waals surface area contributed by atoms with Crippen molar-refractivity contribution in [3.63, 3.8) is 0 Å². The van der Waals surface area contributed by atoms with E-state index in [0.29, 0.717) is 50.9 Å². The summed E-state index contributed by atoms with van der Waals surface area (Å²) in [4.78, 5) is 27.4. The van der Waals surface area contributed by atoms with Gasteiger partial charge in [0.1, 0.15) is 41.3 Å². The number of aryl methyl sites for hydroxylation is 1. The highest BCUT2D eigenvalue weighted by Gasteiger charge is 2.18. The van der Waals surface area contributed by atoms with Crippen LogP contribution in [-0.4, -0.2) is 27.2 Å². The number of benzene rings is 2. The van der Waals surface area contributed by atoms with E-state index < -0.39 is 5.82 Å². The lowest BCUT2D eigenvalue weighted by atomic mass is 10.1. The highest BCUT2D eigenvalue weighted by molar-refractivity contribution is 6.05. The molecule has 0 atom stereocenters. The molecule has 4 N–H and O–H groups in total. The molecule has 1 aliphatic rings. The van der Waals surface area contributed by atoms with Gasteiger partial charge in [0.05, 0.1) is 11.2 Å². The van der Waals surface area contributed by atoms with Crippen LogP contribution in [0.5, 0.6) is 11.5 Å². The second-order valence-corrected chi connectivity index (χ2v) is 8.44. The lowest BCUT2D eigenvalue weighted by Gasteiger charge is -2.14. The number of carbonyl (C=O) groups excluding carboxylic acids is 1. The Morgan fingerprint density at radius 2 is 2.11 bits per heavy atom. The number of anilines is 3. The molecule has 37 heavy (non-hydrogen) atoms. The van der Waals surface area contributed by atoms with Crippen molar-refractivity contribution < 1.29 is 13.9 Å². The number of aromatic amines is 1. The van der Waals surface area contributed by atoms with Crippen molar-refractivity contribution in [1.82, 2.24) is 15.0 Å². The monoisotopic (exact) mass is 495 g/mol. The van der Waals surface area contributed by atoms with E-state index in [2.05, 4.69) is 42.4 Å². The molecule has 1 fully saturated rings. The van der Waals surface area contributed by atoms with E-state index in [-0.39, 0.29) is 11.6 Å².